The molecule has 1 aromatic carbocycles. The highest BCUT2D eigenvalue weighted by atomic mass is 35.5. The van der Waals surface area contributed by atoms with E-state index >= 15 is 0 Å². The first-order valence-electron chi connectivity index (χ1n) is 8.30. The molecule has 0 spiro atoms. The van der Waals surface area contributed by atoms with Gasteiger partial charge in [-0.15, -0.1) is 0 Å². The molecule has 1 fully saturated rings. The monoisotopic (exact) mass is 399 g/mol. The van der Waals surface area contributed by atoms with Crippen LogP contribution in [0.25, 0.3) is 0 Å². The average molecular weight is 400 g/mol. The molecule has 144 valence electrons. The van der Waals surface area contributed by atoms with Crippen LogP contribution >= 0.6 is 11.6 Å². The lowest BCUT2D eigenvalue weighted by molar-refractivity contribution is -0.139. The molecule has 0 aliphatic carbocycles. The van der Waals surface area contributed by atoms with Gasteiger partial charge in [-0.05, 0) is 30.3 Å². The first-order valence-corrected chi connectivity index (χ1v) is 8.68. The van der Waals surface area contributed by atoms with Crippen molar-refractivity contribution in [3.63, 3.8) is 0 Å². The van der Waals surface area contributed by atoms with E-state index in [-0.39, 0.29) is 5.91 Å². The number of carbonyl (C=O) groups excluding carboxylic acids is 1. The molecule has 5 nitrogen and oxygen atoms in total. The van der Waals surface area contributed by atoms with Crippen molar-refractivity contribution in [2.45, 2.75) is 12.7 Å². The van der Waals surface area contributed by atoms with E-state index in [1.54, 1.807) is 11.0 Å². The summed E-state index contributed by atoms with van der Waals surface area (Å²) in [4.78, 5) is 28.0. The van der Waals surface area contributed by atoms with Gasteiger partial charge in [0.15, 0.2) is 0 Å². The summed E-state index contributed by atoms with van der Waals surface area (Å²) in [5.41, 5.74) is -1.54. The maximum atomic E-state index is 12.8. The molecule has 0 radical (unpaired) electrons. The van der Waals surface area contributed by atoms with E-state index in [4.69, 9.17) is 11.6 Å². The Kier molecular flexibility index (Phi) is 5.46. The summed E-state index contributed by atoms with van der Waals surface area (Å²) >= 11 is 5.99. The number of hydrogen-bond donors (Lipinski definition) is 0. The number of alkyl halides is 3. The summed E-state index contributed by atoms with van der Waals surface area (Å²) in [6.07, 6.45) is -3.55. The summed E-state index contributed by atoms with van der Waals surface area (Å²) in [7, 11) is 0. The Morgan fingerprint density at radius 2 is 1.78 bits per heavy atom. The van der Waals surface area contributed by atoms with Gasteiger partial charge >= 0.3 is 6.18 Å². The molecule has 2 aromatic rings. The third kappa shape index (κ3) is 4.44. The van der Waals surface area contributed by atoms with E-state index in [1.807, 2.05) is 18.2 Å². The second kappa shape index (κ2) is 7.64. The predicted molar refractivity (Wildman–Crippen MR) is 95.9 cm³/mol. The smallest absolute Gasteiger partial charge is 0.368 e. The Balaban J connectivity index is 1.65. The molecule has 1 amide bonds. The molecule has 9 heteroatoms. The maximum absolute atomic E-state index is 12.8. The van der Waals surface area contributed by atoms with Crippen molar-refractivity contribution in [3.8, 4) is 0 Å². The first kappa shape index (κ1) is 19.3. The number of halogens is 4. The highest BCUT2D eigenvalue weighted by molar-refractivity contribution is 6.30. The molecular formula is C18H17ClF3N3O2. The van der Waals surface area contributed by atoms with Crippen LogP contribution in [0.15, 0.2) is 47.4 Å². The van der Waals surface area contributed by atoms with Crippen LogP contribution in [0, 0.1) is 0 Å². The average Bonchev–Trinajstić information content (AvgIpc) is 2.62. The topological polar surface area (TPSA) is 45.6 Å². The summed E-state index contributed by atoms with van der Waals surface area (Å²) in [5.74, 6) is -0.387. The van der Waals surface area contributed by atoms with Crippen LogP contribution in [0.4, 0.5) is 18.9 Å². The molecule has 2 heterocycles. The lowest BCUT2D eigenvalue weighted by Gasteiger charge is -2.36. The molecule has 27 heavy (non-hydrogen) atoms. The number of piperazine rings is 1. The van der Waals surface area contributed by atoms with Crippen LogP contribution in [-0.2, 0) is 17.5 Å². The predicted octanol–water partition coefficient (Wildman–Crippen LogP) is 2.87. The van der Waals surface area contributed by atoms with Crippen molar-refractivity contribution in [2.75, 3.05) is 31.1 Å². The van der Waals surface area contributed by atoms with Crippen LogP contribution in [0.1, 0.15) is 5.56 Å². The molecule has 0 atom stereocenters. The van der Waals surface area contributed by atoms with Gasteiger partial charge in [0.05, 0.1) is 0 Å². The Hall–Kier alpha value is -2.48. The molecule has 1 aliphatic rings. The van der Waals surface area contributed by atoms with E-state index in [1.165, 1.54) is 6.20 Å². The number of anilines is 1. The second-order valence-electron chi connectivity index (χ2n) is 6.20. The molecule has 0 saturated carbocycles. The number of rotatable bonds is 3. The number of benzene rings is 1. The summed E-state index contributed by atoms with van der Waals surface area (Å²) < 4.78 is 39.3. The standard InChI is InChI=1S/C18H17ClF3N3O2/c19-13-3-1-4-14(11-13)23-7-9-24(10-8-23)16(26)12-25-6-2-5-15(17(25)27)18(20,21)22/h1-6,11H,7-10,12H2. The minimum absolute atomic E-state index is 0.387. The van der Waals surface area contributed by atoms with E-state index in [2.05, 4.69) is 4.90 Å². The highest BCUT2D eigenvalue weighted by Gasteiger charge is 2.34. The number of carbonyl (C=O) groups is 1. The van der Waals surface area contributed by atoms with Crippen molar-refractivity contribution in [1.82, 2.24) is 9.47 Å². The van der Waals surface area contributed by atoms with Gasteiger partial charge in [0.2, 0.25) is 5.91 Å². The van der Waals surface area contributed by atoms with Crippen LogP contribution in [-0.4, -0.2) is 41.6 Å². The van der Waals surface area contributed by atoms with Crippen molar-refractivity contribution in [1.29, 1.82) is 0 Å². The molecule has 0 N–H and O–H groups in total. The lowest BCUT2D eigenvalue weighted by atomic mass is 10.2. The number of amides is 1. The minimum Gasteiger partial charge on any atom is -0.368 e. The third-order valence-electron chi connectivity index (χ3n) is 4.44. The normalized spacial score (nSPS) is 15.1. The van der Waals surface area contributed by atoms with Gasteiger partial charge in [0.25, 0.3) is 5.56 Å². The van der Waals surface area contributed by atoms with Gasteiger partial charge in [-0.2, -0.15) is 13.2 Å². The maximum Gasteiger partial charge on any atom is 0.421 e. The number of aromatic nitrogens is 1. The number of pyridine rings is 1. The Morgan fingerprint density at radius 1 is 1.07 bits per heavy atom. The summed E-state index contributed by atoms with van der Waals surface area (Å²) in [5, 5.41) is 0.620. The van der Waals surface area contributed by atoms with E-state index < -0.39 is 23.8 Å². The van der Waals surface area contributed by atoms with Crippen molar-refractivity contribution < 1.29 is 18.0 Å². The zero-order valence-electron chi connectivity index (χ0n) is 14.2. The quantitative estimate of drug-likeness (QED) is 0.797. The fourth-order valence-electron chi connectivity index (χ4n) is 3.01. The highest BCUT2D eigenvalue weighted by Crippen LogP contribution is 2.26. The van der Waals surface area contributed by atoms with E-state index in [9.17, 15) is 22.8 Å². The Morgan fingerprint density at radius 3 is 2.41 bits per heavy atom. The van der Waals surface area contributed by atoms with Gasteiger partial charge in [0, 0.05) is 43.1 Å². The van der Waals surface area contributed by atoms with Crippen molar-refractivity contribution in [2.24, 2.45) is 0 Å². The summed E-state index contributed by atoms with van der Waals surface area (Å²) in [6, 6.07) is 9.21. The lowest BCUT2D eigenvalue weighted by Crippen LogP contribution is -2.50. The molecule has 1 saturated heterocycles. The van der Waals surface area contributed by atoms with Crippen LogP contribution in [0.5, 0.6) is 0 Å². The van der Waals surface area contributed by atoms with Crippen LogP contribution in [0.3, 0.4) is 0 Å². The van der Waals surface area contributed by atoms with Crippen molar-refractivity contribution in [3.05, 3.63) is 63.5 Å². The van der Waals surface area contributed by atoms with Gasteiger partial charge in [-0.1, -0.05) is 17.7 Å². The van der Waals surface area contributed by atoms with Crippen molar-refractivity contribution >= 4 is 23.2 Å². The number of hydrogen-bond acceptors (Lipinski definition) is 3. The van der Waals surface area contributed by atoms with Gasteiger partial charge < -0.3 is 14.4 Å². The van der Waals surface area contributed by atoms with E-state index in [0.29, 0.717) is 37.3 Å². The minimum atomic E-state index is -4.74. The first-order chi connectivity index (χ1) is 12.8. The largest absolute Gasteiger partial charge is 0.421 e. The molecule has 3 rings (SSSR count). The fourth-order valence-corrected chi connectivity index (χ4v) is 3.19. The molecule has 0 unspecified atom stereocenters. The Labute approximate surface area is 158 Å². The van der Waals surface area contributed by atoms with Gasteiger partial charge in [-0.25, -0.2) is 0 Å². The third-order valence-corrected chi connectivity index (χ3v) is 4.67. The summed E-state index contributed by atoms with van der Waals surface area (Å²) in [6.45, 7) is 1.56. The zero-order valence-corrected chi connectivity index (χ0v) is 15.0. The molecule has 1 aliphatic heterocycles. The Bertz CT molecular complexity index is 890. The molecule has 0 bridgehead atoms. The van der Waals surface area contributed by atoms with E-state index in [0.717, 1.165) is 16.3 Å². The fraction of sp³-hybridized carbons (Fsp3) is 0.333. The molecule has 1 aromatic heterocycles. The van der Waals surface area contributed by atoms with Gasteiger partial charge in [-0.3, -0.25) is 9.59 Å². The SMILES string of the molecule is O=C(Cn1cccc(C(F)(F)F)c1=O)N1CCN(c2cccc(Cl)c2)CC1. The second-order valence-corrected chi connectivity index (χ2v) is 6.64. The molecular weight excluding hydrogens is 383 g/mol. The zero-order chi connectivity index (χ0) is 19.6. The van der Waals surface area contributed by atoms with Crippen LogP contribution < -0.4 is 10.5 Å². The number of nitrogens with zero attached hydrogens (tertiary/aromatic N) is 3. The van der Waals surface area contributed by atoms with Crippen LogP contribution in [0.2, 0.25) is 5.02 Å². The van der Waals surface area contributed by atoms with Gasteiger partial charge in [0.1, 0.15) is 12.1 Å².